The number of nitrogen functional groups attached to an aromatic ring is 1. The number of sulfonamides is 1. The Labute approximate surface area is 217 Å². The highest BCUT2D eigenvalue weighted by Crippen LogP contribution is 2.20. The van der Waals surface area contributed by atoms with E-state index in [-0.39, 0.29) is 23.3 Å². The minimum atomic E-state index is -3.96. The summed E-state index contributed by atoms with van der Waals surface area (Å²) in [7, 11) is -3.96. The maximum Gasteiger partial charge on any atom is 0.242 e. The average molecular weight is 522 g/mol. The molecule has 194 valence electrons. The van der Waals surface area contributed by atoms with Crippen molar-refractivity contribution in [3.05, 3.63) is 90.0 Å². The van der Waals surface area contributed by atoms with E-state index in [9.17, 15) is 13.2 Å². The van der Waals surface area contributed by atoms with Crippen LogP contribution in [0.3, 0.4) is 0 Å². The SMILES string of the molecule is N=C(N)c1cccc(NC(=O)C(Cc2ccc(OC3CCNCC3)cc2)NS(=O)(=O)c2ccccc2)c1. The zero-order valence-electron chi connectivity index (χ0n) is 20.3. The highest BCUT2D eigenvalue weighted by atomic mass is 32.2. The lowest BCUT2D eigenvalue weighted by molar-refractivity contribution is -0.117. The van der Waals surface area contributed by atoms with E-state index in [1.807, 2.05) is 24.3 Å². The summed E-state index contributed by atoms with van der Waals surface area (Å²) in [6.45, 7) is 1.85. The van der Waals surface area contributed by atoms with Crippen LogP contribution in [0.2, 0.25) is 0 Å². The molecule has 0 aromatic heterocycles. The number of benzene rings is 3. The molecular weight excluding hydrogens is 490 g/mol. The molecule has 1 atom stereocenters. The van der Waals surface area contributed by atoms with Crippen LogP contribution in [0.1, 0.15) is 24.0 Å². The second kappa shape index (κ2) is 12.0. The highest BCUT2D eigenvalue weighted by Gasteiger charge is 2.26. The van der Waals surface area contributed by atoms with Crippen LogP contribution >= 0.6 is 0 Å². The van der Waals surface area contributed by atoms with Gasteiger partial charge in [0.25, 0.3) is 0 Å². The second-order valence-corrected chi connectivity index (χ2v) is 10.6. The van der Waals surface area contributed by atoms with Gasteiger partial charge >= 0.3 is 0 Å². The van der Waals surface area contributed by atoms with Gasteiger partial charge in [-0.2, -0.15) is 4.72 Å². The molecule has 10 heteroatoms. The van der Waals surface area contributed by atoms with Gasteiger partial charge in [-0.15, -0.1) is 0 Å². The van der Waals surface area contributed by atoms with E-state index < -0.39 is 22.0 Å². The molecule has 0 spiro atoms. The maximum absolute atomic E-state index is 13.3. The predicted molar refractivity (Wildman–Crippen MR) is 143 cm³/mol. The summed E-state index contributed by atoms with van der Waals surface area (Å²) in [6.07, 6.45) is 2.17. The number of ether oxygens (including phenoxy) is 1. The van der Waals surface area contributed by atoms with Crippen molar-refractivity contribution in [2.75, 3.05) is 18.4 Å². The third-order valence-electron chi connectivity index (χ3n) is 6.06. The number of piperidine rings is 1. The number of amides is 1. The number of carbonyl (C=O) groups is 1. The molecule has 3 aromatic carbocycles. The van der Waals surface area contributed by atoms with Gasteiger partial charge in [-0.3, -0.25) is 10.2 Å². The molecule has 0 saturated carbocycles. The van der Waals surface area contributed by atoms with Gasteiger partial charge in [0.05, 0.1) is 4.90 Å². The number of anilines is 1. The Bertz CT molecular complexity index is 1320. The summed E-state index contributed by atoms with van der Waals surface area (Å²) in [5.41, 5.74) is 7.19. The molecule has 1 heterocycles. The fourth-order valence-electron chi connectivity index (χ4n) is 4.08. The molecule has 0 radical (unpaired) electrons. The van der Waals surface area contributed by atoms with Gasteiger partial charge in [0.15, 0.2) is 0 Å². The van der Waals surface area contributed by atoms with Gasteiger partial charge in [0.2, 0.25) is 15.9 Å². The van der Waals surface area contributed by atoms with Crippen LogP contribution in [-0.4, -0.2) is 45.4 Å². The van der Waals surface area contributed by atoms with Crippen molar-refractivity contribution >= 4 is 27.5 Å². The van der Waals surface area contributed by atoms with Crippen LogP contribution in [0.15, 0.2) is 83.8 Å². The number of carbonyl (C=O) groups excluding carboxylic acids is 1. The van der Waals surface area contributed by atoms with Crippen LogP contribution in [0, 0.1) is 5.41 Å². The molecule has 1 unspecified atom stereocenters. The Hall–Kier alpha value is -3.73. The van der Waals surface area contributed by atoms with Crippen LogP contribution in [0.5, 0.6) is 5.75 Å². The van der Waals surface area contributed by atoms with E-state index >= 15 is 0 Å². The number of nitrogens with one attached hydrogen (secondary N) is 4. The Morgan fingerprint density at radius 1 is 1.03 bits per heavy atom. The van der Waals surface area contributed by atoms with Crippen LogP contribution in [0.4, 0.5) is 5.69 Å². The summed E-state index contributed by atoms with van der Waals surface area (Å²) in [4.78, 5) is 13.3. The summed E-state index contributed by atoms with van der Waals surface area (Å²) in [5.74, 6) is 0.0713. The lowest BCUT2D eigenvalue weighted by Crippen LogP contribution is -2.45. The molecule has 1 amide bonds. The zero-order chi connectivity index (χ0) is 26.3. The van der Waals surface area contributed by atoms with Crippen LogP contribution < -0.4 is 25.8 Å². The molecule has 4 rings (SSSR count). The molecule has 0 aliphatic carbocycles. The van der Waals surface area contributed by atoms with Gasteiger partial charge in [-0.25, -0.2) is 8.42 Å². The minimum Gasteiger partial charge on any atom is -0.490 e. The van der Waals surface area contributed by atoms with Crippen molar-refractivity contribution in [2.24, 2.45) is 5.73 Å². The molecule has 6 N–H and O–H groups in total. The minimum absolute atomic E-state index is 0.0668. The second-order valence-electron chi connectivity index (χ2n) is 8.89. The van der Waals surface area contributed by atoms with E-state index in [2.05, 4.69) is 15.4 Å². The largest absolute Gasteiger partial charge is 0.490 e. The monoisotopic (exact) mass is 521 g/mol. The highest BCUT2D eigenvalue weighted by molar-refractivity contribution is 7.89. The first-order valence-electron chi connectivity index (χ1n) is 12.1. The Balaban J connectivity index is 1.52. The van der Waals surface area contributed by atoms with E-state index in [0.29, 0.717) is 11.3 Å². The first kappa shape index (κ1) is 26.3. The number of hydrogen-bond acceptors (Lipinski definition) is 6. The van der Waals surface area contributed by atoms with E-state index in [4.69, 9.17) is 15.9 Å². The fourth-order valence-corrected chi connectivity index (χ4v) is 5.30. The number of nitrogens with two attached hydrogens (primary N) is 1. The van der Waals surface area contributed by atoms with Gasteiger partial charge in [-0.05, 0) is 74.3 Å². The van der Waals surface area contributed by atoms with Crippen molar-refractivity contribution in [3.8, 4) is 5.75 Å². The Morgan fingerprint density at radius 2 is 1.73 bits per heavy atom. The standard InChI is InChI=1S/C27H31N5O4S/c28-26(29)20-5-4-6-21(18-20)31-27(33)25(32-37(34,35)24-7-2-1-3-8-24)17-19-9-11-22(12-10-19)36-23-13-15-30-16-14-23/h1-12,18,23,25,30,32H,13-17H2,(H3,28,29)(H,31,33). The summed E-state index contributed by atoms with van der Waals surface area (Å²) in [6, 6.07) is 20.7. The molecule has 1 fully saturated rings. The number of amidine groups is 1. The molecule has 0 bridgehead atoms. The molecule has 3 aromatic rings. The van der Waals surface area contributed by atoms with Crippen LogP contribution in [0.25, 0.3) is 0 Å². The smallest absolute Gasteiger partial charge is 0.242 e. The molecule has 1 aliphatic rings. The van der Waals surface area contributed by atoms with Gasteiger partial charge in [0.1, 0.15) is 23.7 Å². The predicted octanol–water partition coefficient (Wildman–Crippen LogP) is 2.63. The van der Waals surface area contributed by atoms with Crippen molar-refractivity contribution in [1.82, 2.24) is 10.0 Å². The average Bonchev–Trinajstić information content (AvgIpc) is 2.90. The molecule has 9 nitrogen and oxygen atoms in total. The van der Waals surface area contributed by atoms with Crippen LogP contribution in [-0.2, 0) is 21.2 Å². The van der Waals surface area contributed by atoms with Crippen molar-refractivity contribution in [2.45, 2.75) is 36.3 Å². The maximum atomic E-state index is 13.3. The number of rotatable bonds is 10. The topological polar surface area (TPSA) is 146 Å². The van der Waals surface area contributed by atoms with Crippen molar-refractivity contribution < 1.29 is 17.9 Å². The van der Waals surface area contributed by atoms with Gasteiger partial charge in [-0.1, -0.05) is 42.5 Å². The van der Waals surface area contributed by atoms with Gasteiger partial charge < -0.3 is 21.1 Å². The van der Waals surface area contributed by atoms with E-state index in [1.54, 1.807) is 42.5 Å². The number of hydrogen-bond donors (Lipinski definition) is 5. The Morgan fingerprint density at radius 3 is 2.41 bits per heavy atom. The molecule has 37 heavy (non-hydrogen) atoms. The first-order chi connectivity index (χ1) is 17.8. The Kier molecular flexibility index (Phi) is 8.54. The first-order valence-corrected chi connectivity index (χ1v) is 13.6. The molecular formula is C27H31N5O4S. The van der Waals surface area contributed by atoms with Gasteiger partial charge in [0, 0.05) is 11.3 Å². The van der Waals surface area contributed by atoms with E-state index in [0.717, 1.165) is 37.2 Å². The summed E-state index contributed by atoms with van der Waals surface area (Å²) >= 11 is 0. The molecule has 1 saturated heterocycles. The quantitative estimate of drug-likeness (QED) is 0.205. The third kappa shape index (κ3) is 7.39. The van der Waals surface area contributed by atoms with E-state index in [1.165, 1.54) is 12.1 Å². The normalized spacial score (nSPS) is 15.0. The third-order valence-corrected chi connectivity index (χ3v) is 7.55. The summed E-state index contributed by atoms with van der Waals surface area (Å²) in [5, 5.41) is 13.7. The molecule has 1 aliphatic heterocycles. The fraction of sp³-hybridized carbons (Fsp3) is 0.259. The van der Waals surface area contributed by atoms with Crippen molar-refractivity contribution in [3.63, 3.8) is 0 Å². The lowest BCUT2D eigenvalue weighted by atomic mass is 10.1. The zero-order valence-corrected chi connectivity index (χ0v) is 21.1. The lowest BCUT2D eigenvalue weighted by Gasteiger charge is -2.24. The summed E-state index contributed by atoms with van der Waals surface area (Å²) < 4.78 is 34.7. The van der Waals surface area contributed by atoms with Crippen molar-refractivity contribution in [1.29, 1.82) is 5.41 Å².